The molecule has 0 aliphatic rings. The third-order valence-corrected chi connectivity index (χ3v) is 1.57. The van der Waals surface area contributed by atoms with E-state index in [9.17, 15) is 0 Å². The molecule has 1 aromatic heterocycles. The molecule has 0 aliphatic heterocycles. The van der Waals surface area contributed by atoms with Crippen LogP contribution in [0.3, 0.4) is 0 Å². The van der Waals surface area contributed by atoms with Crippen molar-refractivity contribution in [1.29, 1.82) is 0 Å². The van der Waals surface area contributed by atoms with Crippen LogP contribution in [0.4, 0.5) is 0 Å². The second kappa shape index (κ2) is 3.34. The fourth-order valence-electron chi connectivity index (χ4n) is 0.579. The summed E-state index contributed by atoms with van der Waals surface area (Å²) in [6, 6.07) is 3.42. The maximum absolute atomic E-state index is 8.27. The largest absolute Gasteiger partial charge is 0.409 e. The highest BCUT2D eigenvalue weighted by Crippen LogP contribution is 2.06. The van der Waals surface area contributed by atoms with Crippen LogP contribution in [0.1, 0.15) is 5.69 Å². The predicted molar refractivity (Wildman–Crippen MR) is 44.4 cm³/mol. The molecule has 0 atom stereocenters. The number of oxime groups is 1. The first-order chi connectivity index (χ1) is 5.24. The molecule has 0 bridgehead atoms. The van der Waals surface area contributed by atoms with Gasteiger partial charge in [0.25, 0.3) is 0 Å². The van der Waals surface area contributed by atoms with Gasteiger partial charge in [0.1, 0.15) is 5.69 Å². The predicted octanol–water partition coefficient (Wildman–Crippen LogP) is 0.939. The van der Waals surface area contributed by atoms with Crippen LogP contribution in [0.5, 0.6) is 0 Å². The van der Waals surface area contributed by atoms with Gasteiger partial charge in [-0.05, 0) is 28.1 Å². The maximum Gasteiger partial charge on any atom is 0.188 e. The molecule has 1 heterocycles. The van der Waals surface area contributed by atoms with Gasteiger partial charge in [-0.15, -0.1) is 0 Å². The first-order valence-electron chi connectivity index (χ1n) is 2.83. The molecule has 4 nitrogen and oxygen atoms in total. The first-order valence-corrected chi connectivity index (χ1v) is 3.63. The average molecular weight is 216 g/mol. The Morgan fingerprint density at radius 2 is 2.36 bits per heavy atom. The lowest BCUT2D eigenvalue weighted by molar-refractivity contribution is 0.318. The molecule has 0 saturated heterocycles. The van der Waals surface area contributed by atoms with Crippen LogP contribution in [0.25, 0.3) is 0 Å². The summed E-state index contributed by atoms with van der Waals surface area (Å²) < 4.78 is 0.854. The average Bonchev–Trinajstić information content (AvgIpc) is 2.05. The fraction of sp³-hybridized carbons (Fsp3) is 0. The minimum atomic E-state index is 0.0116. The highest BCUT2D eigenvalue weighted by Gasteiger charge is 1.98. The van der Waals surface area contributed by atoms with E-state index in [0.29, 0.717) is 5.69 Å². The summed E-state index contributed by atoms with van der Waals surface area (Å²) in [5.74, 6) is 0.0116. The zero-order valence-electron chi connectivity index (χ0n) is 5.53. The molecular formula is C6H6BrN3O. The number of pyridine rings is 1. The number of rotatable bonds is 1. The summed E-state index contributed by atoms with van der Waals surface area (Å²) in [6.07, 6.45) is 1.58. The molecule has 11 heavy (non-hydrogen) atoms. The van der Waals surface area contributed by atoms with Gasteiger partial charge in [-0.2, -0.15) is 0 Å². The van der Waals surface area contributed by atoms with Crippen LogP contribution in [0, 0.1) is 0 Å². The molecule has 0 radical (unpaired) electrons. The van der Waals surface area contributed by atoms with Crippen LogP contribution in [0.15, 0.2) is 28.0 Å². The van der Waals surface area contributed by atoms with E-state index in [0.717, 1.165) is 4.47 Å². The molecule has 0 aliphatic carbocycles. The lowest BCUT2D eigenvalue weighted by atomic mass is 10.3. The van der Waals surface area contributed by atoms with E-state index in [-0.39, 0.29) is 5.84 Å². The van der Waals surface area contributed by atoms with Crippen molar-refractivity contribution in [2.75, 3.05) is 0 Å². The molecule has 5 heteroatoms. The van der Waals surface area contributed by atoms with Gasteiger partial charge < -0.3 is 10.9 Å². The standard InChI is InChI=1S/C6H6BrN3O/c7-4-1-2-5(9-3-4)6(8)10-11/h1-3,11H,(H2,8,10). The van der Waals surface area contributed by atoms with Crippen molar-refractivity contribution in [3.8, 4) is 0 Å². The van der Waals surface area contributed by atoms with E-state index in [2.05, 4.69) is 26.1 Å². The highest BCUT2D eigenvalue weighted by molar-refractivity contribution is 9.10. The van der Waals surface area contributed by atoms with Gasteiger partial charge in [-0.1, -0.05) is 5.16 Å². The Balaban J connectivity index is 2.99. The normalized spacial score (nSPS) is 11.5. The summed E-state index contributed by atoms with van der Waals surface area (Å²) in [5.41, 5.74) is 5.72. The van der Waals surface area contributed by atoms with Gasteiger partial charge in [0.15, 0.2) is 5.84 Å². The van der Waals surface area contributed by atoms with E-state index < -0.39 is 0 Å². The number of aromatic nitrogens is 1. The van der Waals surface area contributed by atoms with E-state index >= 15 is 0 Å². The number of hydrogen-bond acceptors (Lipinski definition) is 3. The number of nitrogens with zero attached hydrogens (tertiary/aromatic N) is 2. The Hall–Kier alpha value is -1.10. The topological polar surface area (TPSA) is 71.5 Å². The van der Waals surface area contributed by atoms with Gasteiger partial charge >= 0.3 is 0 Å². The number of halogens is 1. The first kappa shape index (κ1) is 8.00. The monoisotopic (exact) mass is 215 g/mol. The van der Waals surface area contributed by atoms with Crippen LogP contribution in [0.2, 0.25) is 0 Å². The minimum absolute atomic E-state index is 0.0116. The van der Waals surface area contributed by atoms with Crippen LogP contribution < -0.4 is 5.73 Å². The van der Waals surface area contributed by atoms with Crippen molar-refractivity contribution in [3.63, 3.8) is 0 Å². The van der Waals surface area contributed by atoms with Crippen molar-refractivity contribution in [1.82, 2.24) is 4.98 Å². The minimum Gasteiger partial charge on any atom is -0.409 e. The second-order valence-electron chi connectivity index (χ2n) is 1.85. The summed E-state index contributed by atoms with van der Waals surface area (Å²) >= 11 is 3.21. The third kappa shape index (κ3) is 1.91. The van der Waals surface area contributed by atoms with Gasteiger partial charge in [-0.3, -0.25) is 4.98 Å². The molecule has 0 spiro atoms. The van der Waals surface area contributed by atoms with E-state index in [1.165, 1.54) is 0 Å². The third-order valence-electron chi connectivity index (χ3n) is 1.10. The Morgan fingerprint density at radius 3 is 2.82 bits per heavy atom. The molecule has 58 valence electrons. The molecular weight excluding hydrogens is 210 g/mol. The zero-order valence-corrected chi connectivity index (χ0v) is 7.12. The van der Waals surface area contributed by atoms with E-state index in [4.69, 9.17) is 10.9 Å². The van der Waals surface area contributed by atoms with Crippen LogP contribution in [-0.4, -0.2) is 16.0 Å². The van der Waals surface area contributed by atoms with Gasteiger partial charge in [0.2, 0.25) is 0 Å². The molecule has 0 aromatic carbocycles. The molecule has 0 saturated carbocycles. The summed E-state index contributed by atoms with van der Waals surface area (Å²) in [6.45, 7) is 0. The van der Waals surface area contributed by atoms with Gasteiger partial charge in [-0.25, -0.2) is 0 Å². The fourth-order valence-corrected chi connectivity index (χ4v) is 0.813. The Morgan fingerprint density at radius 1 is 1.64 bits per heavy atom. The smallest absolute Gasteiger partial charge is 0.188 e. The SMILES string of the molecule is NC(=NO)c1ccc(Br)cn1. The number of hydrogen-bond donors (Lipinski definition) is 2. The van der Waals surface area contributed by atoms with Crippen molar-refractivity contribution >= 4 is 21.8 Å². The van der Waals surface area contributed by atoms with Gasteiger partial charge in [0.05, 0.1) is 0 Å². The van der Waals surface area contributed by atoms with Crippen LogP contribution >= 0.6 is 15.9 Å². The van der Waals surface area contributed by atoms with Crippen LogP contribution in [-0.2, 0) is 0 Å². The van der Waals surface area contributed by atoms with Crippen molar-refractivity contribution < 1.29 is 5.21 Å². The molecule has 0 fully saturated rings. The second-order valence-corrected chi connectivity index (χ2v) is 2.76. The Bertz CT molecular complexity index is 270. The number of nitrogens with two attached hydrogens (primary N) is 1. The lowest BCUT2D eigenvalue weighted by Crippen LogP contribution is -2.14. The Labute approximate surface area is 71.9 Å². The van der Waals surface area contributed by atoms with Gasteiger partial charge in [0, 0.05) is 10.7 Å². The lowest BCUT2D eigenvalue weighted by Gasteiger charge is -1.95. The molecule has 1 rings (SSSR count). The molecule has 0 unspecified atom stereocenters. The van der Waals surface area contributed by atoms with Crippen molar-refractivity contribution in [2.24, 2.45) is 10.9 Å². The van der Waals surface area contributed by atoms with E-state index in [1.54, 1.807) is 18.3 Å². The quantitative estimate of drug-likeness (QED) is 0.317. The Kier molecular flexibility index (Phi) is 2.43. The number of amidine groups is 1. The van der Waals surface area contributed by atoms with Crippen molar-refractivity contribution in [2.45, 2.75) is 0 Å². The van der Waals surface area contributed by atoms with E-state index in [1.807, 2.05) is 0 Å². The maximum atomic E-state index is 8.27. The molecule has 0 amide bonds. The zero-order chi connectivity index (χ0) is 8.27. The van der Waals surface area contributed by atoms with Crippen molar-refractivity contribution in [3.05, 3.63) is 28.5 Å². The summed E-state index contributed by atoms with van der Waals surface area (Å²) in [7, 11) is 0. The molecule has 1 aromatic rings. The summed E-state index contributed by atoms with van der Waals surface area (Å²) in [4.78, 5) is 3.89. The molecule has 3 N–H and O–H groups in total. The highest BCUT2D eigenvalue weighted by atomic mass is 79.9. The summed E-state index contributed by atoms with van der Waals surface area (Å²) in [5, 5.41) is 11.1.